The SMILES string of the molecule is CC(Oc1ccccc1F)C(=O)N1CCC(c2ccccc2Cl)S(=O)(=O)CC1. The summed E-state index contributed by atoms with van der Waals surface area (Å²) in [6.45, 7) is 1.84. The third kappa shape index (κ3) is 4.47. The van der Waals surface area contributed by atoms with Crippen molar-refractivity contribution < 1.29 is 22.3 Å². The van der Waals surface area contributed by atoms with Crippen LogP contribution >= 0.6 is 11.6 Å². The van der Waals surface area contributed by atoms with Gasteiger partial charge in [-0.3, -0.25) is 4.79 Å². The first kappa shape index (κ1) is 20.6. The number of nitrogens with zero attached hydrogens (tertiary/aromatic N) is 1. The van der Waals surface area contributed by atoms with Crippen molar-refractivity contribution in [1.29, 1.82) is 0 Å². The minimum atomic E-state index is -3.47. The highest BCUT2D eigenvalue weighted by molar-refractivity contribution is 7.91. The number of amides is 1. The predicted octanol–water partition coefficient (Wildman–Crippen LogP) is 3.63. The number of halogens is 2. The monoisotopic (exact) mass is 425 g/mol. The molecule has 0 radical (unpaired) electrons. The molecule has 2 unspecified atom stereocenters. The van der Waals surface area contributed by atoms with Gasteiger partial charge in [-0.25, -0.2) is 12.8 Å². The zero-order valence-electron chi connectivity index (χ0n) is 15.3. The van der Waals surface area contributed by atoms with E-state index in [2.05, 4.69) is 0 Å². The summed E-state index contributed by atoms with van der Waals surface area (Å²) < 4.78 is 44.7. The van der Waals surface area contributed by atoms with Crippen LogP contribution in [-0.4, -0.2) is 44.2 Å². The van der Waals surface area contributed by atoms with Gasteiger partial charge >= 0.3 is 0 Å². The van der Waals surface area contributed by atoms with Crippen molar-refractivity contribution in [2.45, 2.75) is 24.7 Å². The third-order valence-electron chi connectivity index (χ3n) is 4.79. The van der Waals surface area contributed by atoms with Gasteiger partial charge in [-0.15, -0.1) is 0 Å². The van der Waals surface area contributed by atoms with Crippen LogP contribution in [0.15, 0.2) is 48.5 Å². The van der Waals surface area contributed by atoms with Gasteiger partial charge in [0, 0.05) is 18.1 Å². The summed E-state index contributed by atoms with van der Waals surface area (Å²) >= 11 is 6.19. The molecule has 150 valence electrons. The molecule has 0 aromatic heterocycles. The fourth-order valence-corrected chi connectivity index (χ4v) is 5.44. The molecule has 2 atom stereocenters. The number of para-hydroxylation sites is 1. The molecular weight excluding hydrogens is 405 g/mol. The van der Waals surface area contributed by atoms with Crippen molar-refractivity contribution in [1.82, 2.24) is 4.90 Å². The molecule has 1 amide bonds. The summed E-state index contributed by atoms with van der Waals surface area (Å²) in [5, 5.41) is -0.367. The average Bonchev–Trinajstić information content (AvgIpc) is 2.81. The number of rotatable bonds is 4. The first-order valence-corrected chi connectivity index (χ1v) is 11.0. The van der Waals surface area contributed by atoms with Crippen LogP contribution in [0.4, 0.5) is 4.39 Å². The predicted molar refractivity (Wildman–Crippen MR) is 106 cm³/mol. The van der Waals surface area contributed by atoms with Crippen molar-refractivity contribution in [3.8, 4) is 5.75 Å². The molecule has 2 aromatic carbocycles. The van der Waals surface area contributed by atoms with E-state index in [1.807, 2.05) is 0 Å². The van der Waals surface area contributed by atoms with Crippen LogP contribution in [0.1, 0.15) is 24.2 Å². The van der Waals surface area contributed by atoms with Crippen LogP contribution in [0.25, 0.3) is 0 Å². The van der Waals surface area contributed by atoms with Crippen LogP contribution in [0, 0.1) is 5.82 Å². The zero-order chi connectivity index (χ0) is 20.3. The molecule has 0 saturated carbocycles. The largest absolute Gasteiger partial charge is 0.478 e. The Morgan fingerprint density at radius 2 is 1.86 bits per heavy atom. The van der Waals surface area contributed by atoms with Gasteiger partial charge < -0.3 is 9.64 Å². The molecule has 3 rings (SSSR count). The molecule has 1 heterocycles. The summed E-state index contributed by atoms with van der Waals surface area (Å²) in [5.74, 6) is -1.11. The Morgan fingerprint density at radius 3 is 2.57 bits per heavy atom. The Morgan fingerprint density at radius 1 is 1.18 bits per heavy atom. The maximum atomic E-state index is 13.8. The first-order valence-electron chi connectivity index (χ1n) is 8.95. The molecule has 1 fully saturated rings. The summed E-state index contributed by atoms with van der Waals surface area (Å²) in [6.07, 6.45) is -0.694. The molecule has 28 heavy (non-hydrogen) atoms. The standard InChI is InChI=1S/C20H21ClFNO4S/c1-14(27-18-9-5-4-8-17(18)22)20(24)23-11-10-19(28(25,26)13-12-23)15-6-2-3-7-16(15)21/h2-9,14,19H,10-13H2,1H3. The number of carbonyl (C=O) groups is 1. The lowest BCUT2D eigenvalue weighted by Crippen LogP contribution is -2.42. The first-order chi connectivity index (χ1) is 13.3. The highest BCUT2D eigenvalue weighted by atomic mass is 35.5. The minimum Gasteiger partial charge on any atom is -0.478 e. The van der Waals surface area contributed by atoms with Crippen LogP contribution in [0.5, 0.6) is 5.75 Å². The van der Waals surface area contributed by atoms with Gasteiger partial charge in [0.1, 0.15) is 0 Å². The van der Waals surface area contributed by atoms with Gasteiger partial charge in [-0.1, -0.05) is 41.9 Å². The average molecular weight is 426 g/mol. The van der Waals surface area contributed by atoms with Crippen LogP contribution in [0.3, 0.4) is 0 Å². The minimum absolute atomic E-state index is 0.0141. The van der Waals surface area contributed by atoms with Gasteiger partial charge in [-0.05, 0) is 37.1 Å². The number of carbonyl (C=O) groups excluding carboxylic acids is 1. The van der Waals surface area contributed by atoms with Crippen molar-refractivity contribution in [3.63, 3.8) is 0 Å². The molecule has 1 aliphatic rings. The van der Waals surface area contributed by atoms with E-state index in [9.17, 15) is 17.6 Å². The fraction of sp³-hybridized carbons (Fsp3) is 0.350. The number of benzene rings is 2. The normalized spacial score (nSPS) is 20.2. The molecule has 8 heteroatoms. The van der Waals surface area contributed by atoms with E-state index in [1.165, 1.54) is 30.0 Å². The summed E-state index contributed by atoms with van der Waals surface area (Å²) in [7, 11) is -3.47. The van der Waals surface area contributed by atoms with Gasteiger partial charge in [0.05, 0.1) is 11.0 Å². The molecule has 1 saturated heterocycles. The topological polar surface area (TPSA) is 63.7 Å². The summed E-state index contributed by atoms with van der Waals surface area (Å²) in [4.78, 5) is 14.2. The van der Waals surface area contributed by atoms with Crippen LogP contribution in [0.2, 0.25) is 5.02 Å². The lowest BCUT2D eigenvalue weighted by atomic mass is 10.1. The Bertz CT molecular complexity index is 966. The fourth-order valence-electron chi connectivity index (χ4n) is 3.29. The highest BCUT2D eigenvalue weighted by Gasteiger charge is 2.35. The van der Waals surface area contributed by atoms with Gasteiger partial charge in [-0.2, -0.15) is 0 Å². The second kappa shape index (κ2) is 8.49. The van der Waals surface area contributed by atoms with Crippen molar-refractivity contribution in [2.75, 3.05) is 18.8 Å². The third-order valence-corrected chi connectivity index (χ3v) is 7.24. The Hall–Kier alpha value is -2.12. The number of sulfone groups is 1. The Labute approximate surface area is 169 Å². The maximum absolute atomic E-state index is 13.8. The second-order valence-electron chi connectivity index (χ2n) is 6.68. The molecule has 0 aliphatic carbocycles. The van der Waals surface area contributed by atoms with Gasteiger partial charge in [0.2, 0.25) is 0 Å². The Kier molecular flexibility index (Phi) is 6.25. The summed E-state index contributed by atoms with van der Waals surface area (Å²) in [5.41, 5.74) is 0.550. The van der Waals surface area contributed by atoms with Gasteiger partial charge in [0.15, 0.2) is 27.5 Å². The number of hydrogen-bond acceptors (Lipinski definition) is 4. The quantitative estimate of drug-likeness (QED) is 0.750. The molecular formula is C20H21ClFNO4S. The van der Waals surface area contributed by atoms with E-state index >= 15 is 0 Å². The molecule has 5 nitrogen and oxygen atoms in total. The number of hydrogen-bond donors (Lipinski definition) is 0. The molecule has 1 aliphatic heterocycles. The van der Waals surface area contributed by atoms with E-state index in [1.54, 1.807) is 30.3 Å². The Balaban J connectivity index is 1.74. The molecule has 0 bridgehead atoms. The van der Waals surface area contributed by atoms with E-state index in [0.29, 0.717) is 10.6 Å². The van der Waals surface area contributed by atoms with Crippen LogP contribution in [-0.2, 0) is 14.6 Å². The smallest absolute Gasteiger partial charge is 0.263 e. The molecule has 0 N–H and O–H groups in total. The molecule has 2 aromatic rings. The van der Waals surface area contributed by atoms with Crippen molar-refractivity contribution >= 4 is 27.3 Å². The van der Waals surface area contributed by atoms with E-state index in [4.69, 9.17) is 16.3 Å². The number of ether oxygens (including phenoxy) is 1. The maximum Gasteiger partial charge on any atom is 0.263 e. The summed E-state index contributed by atoms with van der Waals surface area (Å²) in [6, 6.07) is 12.7. The lowest BCUT2D eigenvalue weighted by Gasteiger charge is -2.24. The highest BCUT2D eigenvalue weighted by Crippen LogP contribution is 2.34. The lowest BCUT2D eigenvalue weighted by molar-refractivity contribution is -0.137. The molecule has 0 spiro atoms. The zero-order valence-corrected chi connectivity index (χ0v) is 16.9. The van der Waals surface area contributed by atoms with Crippen molar-refractivity contribution in [2.24, 2.45) is 0 Å². The van der Waals surface area contributed by atoms with Crippen LogP contribution < -0.4 is 4.74 Å². The van der Waals surface area contributed by atoms with E-state index < -0.39 is 27.0 Å². The van der Waals surface area contributed by atoms with E-state index in [-0.39, 0.29) is 36.9 Å². The second-order valence-corrected chi connectivity index (χ2v) is 9.39. The van der Waals surface area contributed by atoms with E-state index in [0.717, 1.165) is 0 Å². The van der Waals surface area contributed by atoms with Gasteiger partial charge in [0.25, 0.3) is 5.91 Å². The van der Waals surface area contributed by atoms with Crippen molar-refractivity contribution in [3.05, 3.63) is 64.9 Å².